The minimum absolute atomic E-state index is 0.164. The molecule has 0 aliphatic heterocycles. The van der Waals surface area contributed by atoms with E-state index in [2.05, 4.69) is 10.0 Å². The summed E-state index contributed by atoms with van der Waals surface area (Å²) in [5, 5.41) is 3.36. The number of aryl methyl sites for hydroxylation is 1. The maximum atomic E-state index is 13.1. The van der Waals surface area contributed by atoms with Gasteiger partial charge in [-0.2, -0.15) is 0 Å². The maximum Gasteiger partial charge on any atom is 0.242 e. The number of halogens is 1. The smallest absolute Gasteiger partial charge is 0.242 e. The van der Waals surface area contributed by atoms with Crippen LogP contribution >= 0.6 is 11.6 Å². The summed E-state index contributed by atoms with van der Waals surface area (Å²) in [5.74, 6) is -0.379. The van der Waals surface area contributed by atoms with Gasteiger partial charge in [-0.1, -0.05) is 42.8 Å². The quantitative estimate of drug-likeness (QED) is 0.517. The van der Waals surface area contributed by atoms with Crippen molar-refractivity contribution in [3.8, 4) is 0 Å². The molecule has 2 N–H and O–H groups in total. The van der Waals surface area contributed by atoms with E-state index in [1.165, 1.54) is 12.1 Å². The first kappa shape index (κ1) is 25.8. The SMILES string of the molecule is CCNC(=O)[C@@H](C)N(Cc1ccc(Cl)cc1)C(=O)CCc1ccc(S(=O)(=O)NCC)cc1. The van der Waals surface area contributed by atoms with Crippen LogP contribution in [-0.2, 0) is 32.6 Å². The van der Waals surface area contributed by atoms with Crippen molar-refractivity contribution >= 4 is 33.4 Å². The molecular formula is C23H30ClN3O4S. The number of carbonyl (C=O) groups is 2. The molecule has 174 valence electrons. The van der Waals surface area contributed by atoms with Crippen molar-refractivity contribution < 1.29 is 18.0 Å². The van der Waals surface area contributed by atoms with E-state index in [0.717, 1.165) is 11.1 Å². The van der Waals surface area contributed by atoms with E-state index < -0.39 is 16.1 Å². The van der Waals surface area contributed by atoms with Crippen molar-refractivity contribution in [2.24, 2.45) is 0 Å². The largest absolute Gasteiger partial charge is 0.355 e. The van der Waals surface area contributed by atoms with Gasteiger partial charge in [0.25, 0.3) is 0 Å². The molecule has 0 aliphatic rings. The van der Waals surface area contributed by atoms with Gasteiger partial charge in [-0.3, -0.25) is 9.59 Å². The van der Waals surface area contributed by atoms with Gasteiger partial charge in [-0.25, -0.2) is 13.1 Å². The number of carbonyl (C=O) groups excluding carboxylic acids is 2. The highest BCUT2D eigenvalue weighted by Gasteiger charge is 2.25. The average molecular weight is 480 g/mol. The van der Waals surface area contributed by atoms with Gasteiger partial charge in [0, 0.05) is 31.1 Å². The lowest BCUT2D eigenvalue weighted by atomic mass is 10.1. The number of nitrogens with one attached hydrogen (secondary N) is 2. The van der Waals surface area contributed by atoms with Crippen molar-refractivity contribution in [3.05, 3.63) is 64.7 Å². The first-order valence-corrected chi connectivity index (χ1v) is 12.4. The molecule has 32 heavy (non-hydrogen) atoms. The third kappa shape index (κ3) is 7.32. The standard InChI is InChI=1S/C23H30ClN3O4S/c1-4-25-23(29)17(3)27(16-19-6-11-20(24)12-7-19)22(28)15-10-18-8-13-21(14-9-18)32(30,31)26-5-2/h6-9,11-14,17,26H,4-5,10,15-16H2,1-3H3,(H,25,29)/t17-/m1/s1. The van der Waals surface area contributed by atoms with E-state index in [1.54, 1.807) is 43.0 Å². The Kier molecular flexibility index (Phi) is 9.68. The van der Waals surface area contributed by atoms with Gasteiger partial charge >= 0.3 is 0 Å². The van der Waals surface area contributed by atoms with Gasteiger partial charge in [0.05, 0.1) is 4.90 Å². The third-order valence-electron chi connectivity index (χ3n) is 4.98. The van der Waals surface area contributed by atoms with Crippen LogP contribution in [0.1, 0.15) is 38.3 Å². The van der Waals surface area contributed by atoms with Gasteiger partial charge in [0.2, 0.25) is 21.8 Å². The fourth-order valence-electron chi connectivity index (χ4n) is 3.19. The van der Waals surface area contributed by atoms with Crippen molar-refractivity contribution in [2.45, 2.75) is 51.1 Å². The molecule has 9 heteroatoms. The molecule has 2 amide bonds. The average Bonchev–Trinajstić information content (AvgIpc) is 2.77. The zero-order valence-corrected chi connectivity index (χ0v) is 20.2. The summed E-state index contributed by atoms with van der Waals surface area (Å²) in [6.45, 7) is 6.33. The lowest BCUT2D eigenvalue weighted by molar-refractivity contribution is -0.140. The second kappa shape index (κ2) is 12.0. The van der Waals surface area contributed by atoms with Gasteiger partial charge < -0.3 is 10.2 Å². The topological polar surface area (TPSA) is 95.6 Å². The summed E-state index contributed by atoms with van der Waals surface area (Å²) in [4.78, 5) is 27.2. The van der Waals surface area contributed by atoms with Crippen LogP contribution in [0.3, 0.4) is 0 Å². The summed E-state index contributed by atoms with van der Waals surface area (Å²) >= 11 is 5.95. The maximum absolute atomic E-state index is 13.1. The van der Waals surface area contributed by atoms with E-state index >= 15 is 0 Å². The van der Waals surface area contributed by atoms with Gasteiger partial charge in [-0.05, 0) is 55.7 Å². The first-order valence-electron chi connectivity index (χ1n) is 10.6. The Balaban J connectivity index is 2.11. The Bertz CT molecular complexity index is 1010. The number of likely N-dealkylation sites (N-methyl/N-ethyl adjacent to an activating group) is 1. The normalized spacial score (nSPS) is 12.2. The summed E-state index contributed by atoms with van der Waals surface area (Å²) in [5.41, 5.74) is 1.71. The predicted molar refractivity (Wildman–Crippen MR) is 126 cm³/mol. The molecule has 7 nitrogen and oxygen atoms in total. The Hall–Kier alpha value is -2.42. The highest BCUT2D eigenvalue weighted by Crippen LogP contribution is 2.16. The molecule has 0 aliphatic carbocycles. The molecule has 0 heterocycles. The Morgan fingerprint density at radius 2 is 1.56 bits per heavy atom. The summed E-state index contributed by atoms with van der Waals surface area (Å²) in [7, 11) is -3.51. The fourth-order valence-corrected chi connectivity index (χ4v) is 4.36. The van der Waals surface area contributed by atoms with Crippen LogP contribution in [0.5, 0.6) is 0 Å². The van der Waals surface area contributed by atoms with Crippen LogP contribution in [0.25, 0.3) is 0 Å². The zero-order chi connectivity index (χ0) is 23.7. The van der Waals surface area contributed by atoms with E-state index in [-0.39, 0.29) is 29.7 Å². The van der Waals surface area contributed by atoms with Crippen molar-refractivity contribution in [3.63, 3.8) is 0 Å². The zero-order valence-electron chi connectivity index (χ0n) is 18.6. The molecule has 2 aromatic rings. The second-order valence-corrected chi connectivity index (χ2v) is 9.57. The molecule has 0 bridgehead atoms. The van der Waals surface area contributed by atoms with Crippen LogP contribution in [0.2, 0.25) is 5.02 Å². The number of benzene rings is 2. The Morgan fingerprint density at radius 3 is 2.12 bits per heavy atom. The molecule has 0 fully saturated rings. The number of amides is 2. The highest BCUT2D eigenvalue weighted by molar-refractivity contribution is 7.89. The van der Waals surface area contributed by atoms with E-state index in [0.29, 0.717) is 24.5 Å². The molecule has 1 atom stereocenters. The van der Waals surface area contributed by atoms with Gasteiger partial charge in [-0.15, -0.1) is 0 Å². The van der Waals surface area contributed by atoms with Crippen LogP contribution in [0.15, 0.2) is 53.4 Å². The molecule has 2 aromatic carbocycles. The highest BCUT2D eigenvalue weighted by atomic mass is 35.5. The number of hydrogen-bond donors (Lipinski definition) is 2. The summed E-state index contributed by atoms with van der Waals surface area (Å²) < 4.78 is 26.6. The number of rotatable bonds is 11. The van der Waals surface area contributed by atoms with Crippen LogP contribution in [-0.4, -0.2) is 44.3 Å². The number of sulfonamides is 1. The van der Waals surface area contributed by atoms with Crippen molar-refractivity contribution in [1.29, 1.82) is 0 Å². The molecule has 0 radical (unpaired) electrons. The third-order valence-corrected chi connectivity index (χ3v) is 6.79. The van der Waals surface area contributed by atoms with Crippen molar-refractivity contribution in [2.75, 3.05) is 13.1 Å². The minimum atomic E-state index is -3.51. The molecule has 0 spiro atoms. The predicted octanol–water partition coefficient (Wildman–Crippen LogP) is 3.12. The first-order chi connectivity index (χ1) is 15.2. The van der Waals surface area contributed by atoms with E-state index in [1.807, 2.05) is 19.1 Å². The fraction of sp³-hybridized carbons (Fsp3) is 0.391. The molecule has 0 saturated heterocycles. The van der Waals surface area contributed by atoms with E-state index in [9.17, 15) is 18.0 Å². The van der Waals surface area contributed by atoms with Gasteiger partial charge in [0.15, 0.2) is 0 Å². The number of hydrogen-bond acceptors (Lipinski definition) is 4. The lowest BCUT2D eigenvalue weighted by Gasteiger charge is -2.29. The lowest BCUT2D eigenvalue weighted by Crippen LogP contribution is -2.47. The molecular weight excluding hydrogens is 450 g/mol. The van der Waals surface area contributed by atoms with Crippen LogP contribution in [0, 0.1) is 0 Å². The molecule has 0 aromatic heterocycles. The summed E-state index contributed by atoms with van der Waals surface area (Å²) in [6, 6.07) is 13.0. The summed E-state index contributed by atoms with van der Waals surface area (Å²) in [6.07, 6.45) is 0.621. The molecule has 2 rings (SSSR count). The molecule has 0 saturated carbocycles. The molecule has 0 unspecified atom stereocenters. The second-order valence-electron chi connectivity index (χ2n) is 7.36. The van der Waals surface area contributed by atoms with Crippen LogP contribution < -0.4 is 10.0 Å². The number of nitrogens with zero attached hydrogens (tertiary/aromatic N) is 1. The van der Waals surface area contributed by atoms with Gasteiger partial charge in [0.1, 0.15) is 6.04 Å². The Morgan fingerprint density at radius 1 is 0.969 bits per heavy atom. The monoisotopic (exact) mass is 479 g/mol. The van der Waals surface area contributed by atoms with Crippen LogP contribution in [0.4, 0.5) is 0 Å². The Labute approximate surface area is 195 Å². The van der Waals surface area contributed by atoms with E-state index in [4.69, 9.17) is 11.6 Å². The minimum Gasteiger partial charge on any atom is -0.355 e. The van der Waals surface area contributed by atoms with Crippen molar-refractivity contribution in [1.82, 2.24) is 14.9 Å².